The van der Waals surface area contributed by atoms with Crippen molar-refractivity contribution in [3.05, 3.63) is 42.1 Å². The van der Waals surface area contributed by atoms with Crippen LogP contribution in [0, 0.1) is 0 Å². The van der Waals surface area contributed by atoms with Gasteiger partial charge in [0, 0.05) is 31.6 Å². The SMILES string of the molecule is Cl.Cl.FC(F)[C@H](c1ccc2ccccc2n1)N1CCNCC1. The lowest BCUT2D eigenvalue weighted by molar-refractivity contribution is 0.0162. The van der Waals surface area contributed by atoms with Gasteiger partial charge in [0.25, 0.3) is 6.43 Å². The summed E-state index contributed by atoms with van der Waals surface area (Å²) in [6.07, 6.45) is -2.43. The number of fused-ring (bicyclic) bond motifs is 1. The number of aromatic nitrogens is 1. The number of alkyl halides is 2. The third-order valence-corrected chi connectivity index (χ3v) is 3.71. The maximum absolute atomic E-state index is 13.5. The van der Waals surface area contributed by atoms with E-state index in [-0.39, 0.29) is 24.8 Å². The van der Waals surface area contributed by atoms with Gasteiger partial charge < -0.3 is 5.32 Å². The summed E-state index contributed by atoms with van der Waals surface area (Å²) in [7, 11) is 0. The Morgan fingerprint density at radius 3 is 2.36 bits per heavy atom. The predicted molar refractivity (Wildman–Crippen MR) is 89.4 cm³/mol. The highest BCUT2D eigenvalue weighted by Crippen LogP contribution is 2.27. The molecule has 3 nitrogen and oxygen atoms in total. The lowest BCUT2D eigenvalue weighted by atomic mass is 10.1. The minimum Gasteiger partial charge on any atom is -0.314 e. The highest BCUT2D eigenvalue weighted by molar-refractivity contribution is 5.85. The first-order chi connectivity index (χ1) is 9.75. The first-order valence-corrected chi connectivity index (χ1v) is 6.84. The largest absolute Gasteiger partial charge is 0.314 e. The van der Waals surface area contributed by atoms with Crippen LogP contribution in [-0.4, -0.2) is 42.5 Å². The molecule has 22 heavy (non-hydrogen) atoms. The van der Waals surface area contributed by atoms with Gasteiger partial charge in [0.05, 0.1) is 11.2 Å². The van der Waals surface area contributed by atoms with E-state index in [0.29, 0.717) is 18.8 Å². The van der Waals surface area contributed by atoms with Gasteiger partial charge in [-0.2, -0.15) is 0 Å². The monoisotopic (exact) mass is 349 g/mol. The number of rotatable bonds is 3. The molecular formula is C15H19Cl2F2N3. The van der Waals surface area contributed by atoms with E-state index < -0.39 is 12.5 Å². The third-order valence-electron chi connectivity index (χ3n) is 3.71. The summed E-state index contributed by atoms with van der Waals surface area (Å²) in [6, 6.07) is 10.3. The minimum absolute atomic E-state index is 0. The summed E-state index contributed by atoms with van der Waals surface area (Å²) in [5.74, 6) is 0. The number of hydrogen-bond donors (Lipinski definition) is 1. The van der Waals surface area contributed by atoms with Crippen molar-refractivity contribution in [3.63, 3.8) is 0 Å². The van der Waals surface area contributed by atoms with Gasteiger partial charge in [-0.3, -0.25) is 9.88 Å². The maximum atomic E-state index is 13.5. The molecule has 0 bridgehead atoms. The van der Waals surface area contributed by atoms with Gasteiger partial charge in [-0.1, -0.05) is 24.3 Å². The molecule has 3 rings (SSSR count). The Morgan fingerprint density at radius 2 is 1.68 bits per heavy atom. The van der Waals surface area contributed by atoms with E-state index in [1.54, 1.807) is 6.07 Å². The first kappa shape index (κ1) is 19.0. The fraction of sp³-hybridized carbons (Fsp3) is 0.400. The van der Waals surface area contributed by atoms with Crippen molar-refractivity contribution in [1.29, 1.82) is 0 Å². The van der Waals surface area contributed by atoms with Crippen LogP contribution in [0.25, 0.3) is 10.9 Å². The van der Waals surface area contributed by atoms with Crippen molar-refractivity contribution in [3.8, 4) is 0 Å². The molecule has 7 heteroatoms. The van der Waals surface area contributed by atoms with Crippen LogP contribution >= 0.6 is 24.8 Å². The van der Waals surface area contributed by atoms with Crippen molar-refractivity contribution < 1.29 is 8.78 Å². The smallest absolute Gasteiger partial charge is 0.259 e. The summed E-state index contributed by atoms with van der Waals surface area (Å²) >= 11 is 0. The Labute approximate surface area is 140 Å². The minimum atomic E-state index is -2.43. The summed E-state index contributed by atoms with van der Waals surface area (Å²) in [5, 5.41) is 4.16. The van der Waals surface area contributed by atoms with E-state index in [1.807, 2.05) is 35.2 Å². The first-order valence-electron chi connectivity index (χ1n) is 6.84. The second kappa shape index (κ2) is 8.58. The van der Waals surface area contributed by atoms with Crippen LogP contribution in [0.1, 0.15) is 11.7 Å². The number of para-hydroxylation sites is 1. The van der Waals surface area contributed by atoms with Crippen LogP contribution in [0.5, 0.6) is 0 Å². The lowest BCUT2D eigenvalue weighted by Crippen LogP contribution is -2.47. The molecule has 1 saturated heterocycles. The van der Waals surface area contributed by atoms with E-state index in [2.05, 4.69) is 10.3 Å². The summed E-state index contributed by atoms with van der Waals surface area (Å²) in [6.45, 7) is 2.75. The molecule has 0 aliphatic carbocycles. The Kier molecular flexibility index (Phi) is 7.42. The molecule has 2 heterocycles. The number of pyridine rings is 1. The van der Waals surface area contributed by atoms with E-state index >= 15 is 0 Å². The molecule has 0 unspecified atom stereocenters. The van der Waals surface area contributed by atoms with Crippen molar-refractivity contribution in [2.24, 2.45) is 0 Å². The van der Waals surface area contributed by atoms with Crippen LogP contribution in [0.4, 0.5) is 8.78 Å². The van der Waals surface area contributed by atoms with Gasteiger partial charge in [-0.15, -0.1) is 24.8 Å². The third kappa shape index (κ3) is 4.04. The molecule has 1 aromatic heterocycles. The van der Waals surface area contributed by atoms with Crippen LogP contribution in [0.3, 0.4) is 0 Å². The Morgan fingerprint density at radius 1 is 1.00 bits per heavy atom. The predicted octanol–water partition coefficient (Wildman–Crippen LogP) is 3.29. The van der Waals surface area contributed by atoms with Crippen molar-refractivity contribution in [1.82, 2.24) is 15.2 Å². The molecule has 0 radical (unpaired) electrons. The number of nitrogens with zero attached hydrogens (tertiary/aromatic N) is 2. The zero-order chi connectivity index (χ0) is 13.9. The Hall–Kier alpha value is -1.01. The summed E-state index contributed by atoms with van der Waals surface area (Å²) < 4.78 is 26.9. The molecule has 1 aromatic carbocycles. The standard InChI is InChI=1S/C15H17F2N3.2ClH/c16-15(17)14(20-9-7-18-8-10-20)13-6-5-11-3-1-2-4-12(11)19-13;;/h1-6,14-15,18H,7-10H2;2*1H/t14-;;/m0../s1. The van der Waals surface area contributed by atoms with E-state index in [1.165, 1.54) is 0 Å². The molecule has 122 valence electrons. The molecule has 1 aliphatic heterocycles. The number of hydrogen-bond acceptors (Lipinski definition) is 3. The molecule has 0 spiro atoms. The van der Waals surface area contributed by atoms with Gasteiger partial charge in [-0.25, -0.2) is 8.78 Å². The van der Waals surface area contributed by atoms with Gasteiger partial charge in [0.15, 0.2) is 0 Å². The van der Waals surface area contributed by atoms with Crippen molar-refractivity contribution >= 4 is 35.7 Å². The second-order valence-electron chi connectivity index (χ2n) is 4.99. The van der Waals surface area contributed by atoms with E-state index in [4.69, 9.17) is 0 Å². The molecule has 1 aliphatic rings. The van der Waals surface area contributed by atoms with Crippen molar-refractivity contribution in [2.75, 3.05) is 26.2 Å². The number of nitrogens with one attached hydrogen (secondary N) is 1. The summed E-state index contributed by atoms with van der Waals surface area (Å²) in [5.41, 5.74) is 1.23. The zero-order valence-corrected chi connectivity index (χ0v) is 13.5. The van der Waals surface area contributed by atoms with Crippen LogP contribution in [0.15, 0.2) is 36.4 Å². The van der Waals surface area contributed by atoms with Crippen LogP contribution in [0.2, 0.25) is 0 Å². The highest BCUT2D eigenvalue weighted by Gasteiger charge is 2.31. The van der Waals surface area contributed by atoms with Gasteiger partial charge in [0.1, 0.15) is 6.04 Å². The number of piperazine rings is 1. The fourth-order valence-electron chi connectivity index (χ4n) is 2.68. The quantitative estimate of drug-likeness (QED) is 0.921. The zero-order valence-electron chi connectivity index (χ0n) is 11.9. The molecule has 1 atom stereocenters. The molecule has 0 amide bonds. The highest BCUT2D eigenvalue weighted by atomic mass is 35.5. The molecule has 1 fully saturated rings. The molecule has 2 aromatic rings. The summed E-state index contributed by atoms with van der Waals surface area (Å²) in [4.78, 5) is 6.25. The Balaban J connectivity index is 0.00000121. The number of halogens is 4. The molecule has 0 saturated carbocycles. The van der Waals surface area contributed by atoms with E-state index in [9.17, 15) is 8.78 Å². The van der Waals surface area contributed by atoms with Gasteiger partial charge in [0.2, 0.25) is 0 Å². The second-order valence-corrected chi connectivity index (χ2v) is 4.99. The topological polar surface area (TPSA) is 28.2 Å². The van der Waals surface area contributed by atoms with Crippen molar-refractivity contribution in [2.45, 2.75) is 12.5 Å². The fourth-order valence-corrected chi connectivity index (χ4v) is 2.68. The average Bonchev–Trinajstić information content (AvgIpc) is 2.48. The maximum Gasteiger partial charge on any atom is 0.259 e. The lowest BCUT2D eigenvalue weighted by Gasteiger charge is -2.34. The molecular weight excluding hydrogens is 331 g/mol. The van der Waals surface area contributed by atoms with Crippen LogP contribution < -0.4 is 5.32 Å². The van der Waals surface area contributed by atoms with Gasteiger partial charge >= 0.3 is 0 Å². The number of benzene rings is 1. The van der Waals surface area contributed by atoms with Crippen LogP contribution in [-0.2, 0) is 0 Å². The average molecular weight is 350 g/mol. The molecule has 1 N–H and O–H groups in total. The van der Waals surface area contributed by atoms with E-state index in [0.717, 1.165) is 24.0 Å². The van der Waals surface area contributed by atoms with Gasteiger partial charge in [-0.05, 0) is 12.1 Å². The normalized spacial score (nSPS) is 16.9. The Bertz CT molecular complexity index is 592.